The number of hydrogen-bond donors (Lipinski definition) is 1. The molecule has 0 amide bonds. The molecular formula is C15H20N2O. The van der Waals surface area contributed by atoms with E-state index >= 15 is 0 Å². The van der Waals surface area contributed by atoms with Crippen LogP contribution < -0.4 is 10.1 Å². The minimum absolute atomic E-state index is 0.409. The van der Waals surface area contributed by atoms with E-state index < -0.39 is 0 Å². The molecule has 1 aliphatic carbocycles. The summed E-state index contributed by atoms with van der Waals surface area (Å²) in [6, 6.07) is 8.17. The average molecular weight is 244 g/mol. The zero-order chi connectivity index (χ0) is 13.0. The van der Waals surface area contributed by atoms with Crippen molar-refractivity contribution < 1.29 is 4.74 Å². The molecule has 1 aliphatic rings. The van der Waals surface area contributed by atoms with Crippen LogP contribution in [-0.2, 0) is 0 Å². The molecule has 0 spiro atoms. The fraction of sp³-hybridized carbons (Fsp3) is 0.533. The Kier molecular flexibility index (Phi) is 4.09. The van der Waals surface area contributed by atoms with E-state index in [2.05, 4.69) is 18.3 Å². The van der Waals surface area contributed by atoms with Gasteiger partial charge in [-0.3, -0.25) is 0 Å². The lowest BCUT2D eigenvalue weighted by Gasteiger charge is -2.22. The van der Waals surface area contributed by atoms with E-state index in [0.717, 1.165) is 17.4 Å². The third kappa shape index (κ3) is 2.76. The number of anilines is 1. The van der Waals surface area contributed by atoms with E-state index in [1.54, 1.807) is 7.11 Å². The van der Waals surface area contributed by atoms with Crippen LogP contribution in [0.5, 0.6) is 5.75 Å². The van der Waals surface area contributed by atoms with Crippen LogP contribution in [0.1, 0.15) is 38.2 Å². The molecule has 0 heterocycles. The Bertz CT molecular complexity index is 444. The van der Waals surface area contributed by atoms with E-state index in [0.29, 0.717) is 11.6 Å². The number of rotatable bonds is 4. The van der Waals surface area contributed by atoms with Crippen LogP contribution in [0.3, 0.4) is 0 Å². The summed E-state index contributed by atoms with van der Waals surface area (Å²) in [5.41, 5.74) is 1.57. The van der Waals surface area contributed by atoms with Crippen molar-refractivity contribution in [2.75, 3.05) is 12.4 Å². The lowest BCUT2D eigenvalue weighted by molar-refractivity contribution is 0.414. The molecule has 1 N–H and O–H groups in total. The van der Waals surface area contributed by atoms with Crippen molar-refractivity contribution in [1.82, 2.24) is 0 Å². The van der Waals surface area contributed by atoms with Crippen LogP contribution in [0.2, 0.25) is 0 Å². The van der Waals surface area contributed by atoms with Gasteiger partial charge in [-0.05, 0) is 37.8 Å². The molecule has 96 valence electrons. The Balaban J connectivity index is 2.13. The van der Waals surface area contributed by atoms with Crippen LogP contribution in [0.4, 0.5) is 5.69 Å². The standard InChI is InChI=1S/C15H20N2O/c1-11(12-5-3-4-6-12)17-15-9-14(18-2)8-7-13(15)10-16/h7-9,11-12,17H,3-6H2,1-2H3. The van der Waals surface area contributed by atoms with Gasteiger partial charge in [0.05, 0.1) is 18.4 Å². The zero-order valence-electron chi connectivity index (χ0n) is 11.1. The molecule has 0 bridgehead atoms. The number of ether oxygens (including phenoxy) is 1. The molecule has 1 aromatic carbocycles. The lowest BCUT2D eigenvalue weighted by Crippen LogP contribution is -2.24. The quantitative estimate of drug-likeness (QED) is 0.880. The molecule has 1 fully saturated rings. The van der Waals surface area contributed by atoms with Crippen molar-refractivity contribution in [3.05, 3.63) is 23.8 Å². The molecule has 3 nitrogen and oxygen atoms in total. The maximum absolute atomic E-state index is 9.13. The van der Waals surface area contributed by atoms with Gasteiger partial charge in [-0.2, -0.15) is 5.26 Å². The van der Waals surface area contributed by atoms with Crippen LogP contribution >= 0.6 is 0 Å². The molecule has 0 aromatic heterocycles. The van der Waals surface area contributed by atoms with E-state index in [1.807, 2.05) is 18.2 Å². The third-order valence-corrected chi connectivity index (χ3v) is 3.84. The van der Waals surface area contributed by atoms with Crippen molar-refractivity contribution in [3.8, 4) is 11.8 Å². The summed E-state index contributed by atoms with van der Waals surface area (Å²) in [5, 5.41) is 12.6. The fourth-order valence-corrected chi connectivity index (χ4v) is 2.69. The fourth-order valence-electron chi connectivity index (χ4n) is 2.69. The Morgan fingerprint density at radius 3 is 2.72 bits per heavy atom. The SMILES string of the molecule is COc1ccc(C#N)c(NC(C)C2CCCC2)c1. The van der Waals surface area contributed by atoms with Crippen LogP contribution in [-0.4, -0.2) is 13.2 Å². The highest BCUT2D eigenvalue weighted by Gasteiger charge is 2.22. The monoisotopic (exact) mass is 244 g/mol. The summed E-state index contributed by atoms with van der Waals surface area (Å²) in [6.07, 6.45) is 5.25. The number of nitrogens with one attached hydrogen (secondary N) is 1. The number of nitriles is 1. The second-order valence-corrected chi connectivity index (χ2v) is 5.00. The average Bonchev–Trinajstić information content (AvgIpc) is 2.92. The Labute approximate surface area is 109 Å². The molecule has 2 rings (SSSR count). The first-order chi connectivity index (χ1) is 8.74. The first-order valence-electron chi connectivity index (χ1n) is 6.59. The molecule has 1 atom stereocenters. The van der Waals surface area contributed by atoms with E-state index in [-0.39, 0.29) is 0 Å². The Hall–Kier alpha value is -1.69. The van der Waals surface area contributed by atoms with Crippen molar-refractivity contribution in [2.45, 2.75) is 38.6 Å². The van der Waals surface area contributed by atoms with Crippen LogP contribution in [0.15, 0.2) is 18.2 Å². The zero-order valence-corrected chi connectivity index (χ0v) is 11.1. The van der Waals surface area contributed by atoms with Crippen LogP contribution in [0, 0.1) is 17.2 Å². The lowest BCUT2D eigenvalue weighted by atomic mass is 9.99. The summed E-state index contributed by atoms with van der Waals surface area (Å²) >= 11 is 0. The molecular weight excluding hydrogens is 224 g/mol. The molecule has 0 radical (unpaired) electrons. The molecule has 3 heteroatoms. The predicted octanol–water partition coefficient (Wildman–Crippen LogP) is 3.56. The highest BCUT2D eigenvalue weighted by molar-refractivity contribution is 5.60. The van der Waals surface area contributed by atoms with Gasteiger partial charge in [0.1, 0.15) is 11.8 Å². The maximum Gasteiger partial charge on any atom is 0.121 e. The van der Waals surface area contributed by atoms with Gasteiger partial charge in [0, 0.05) is 12.1 Å². The molecule has 0 saturated heterocycles. The second kappa shape index (κ2) is 5.77. The molecule has 18 heavy (non-hydrogen) atoms. The first-order valence-corrected chi connectivity index (χ1v) is 6.59. The van der Waals surface area contributed by atoms with E-state index in [9.17, 15) is 0 Å². The highest BCUT2D eigenvalue weighted by Crippen LogP contribution is 2.30. The molecule has 1 aromatic rings. The number of methoxy groups -OCH3 is 1. The predicted molar refractivity (Wildman–Crippen MR) is 72.8 cm³/mol. The minimum atomic E-state index is 0.409. The summed E-state index contributed by atoms with van der Waals surface area (Å²) < 4.78 is 5.21. The number of benzene rings is 1. The van der Waals surface area contributed by atoms with Gasteiger partial charge in [0.15, 0.2) is 0 Å². The van der Waals surface area contributed by atoms with Crippen molar-refractivity contribution in [3.63, 3.8) is 0 Å². The van der Waals surface area contributed by atoms with Gasteiger partial charge in [-0.15, -0.1) is 0 Å². The Morgan fingerprint density at radius 1 is 1.39 bits per heavy atom. The summed E-state index contributed by atoms with van der Waals surface area (Å²) in [5.74, 6) is 1.51. The third-order valence-electron chi connectivity index (χ3n) is 3.84. The van der Waals surface area contributed by atoms with Gasteiger partial charge < -0.3 is 10.1 Å². The molecule has 1 unspecified atom stereocenters. The first kappa shape index (κ1) is 12.8. The van der Waals surface area contributed by atoms with Crippen molar-refractivity contribution >= 4 is 5.69 Å². The number of hydrogen-bond acceptors (Lipinski definition) is 3. The number of nitrogens with zero attached hydrogens (tertiary/aromatic N) is 1. The van der Waals surface area contributed by atoms with Crippen LogP contribution in [0.25, 0.3) is 0 Å². The normalized spacial score (nSPS) is 17.2. The molecule has 0 aliphatic heterocycles. The minimum Gasteiger partial charge on any atom is -0.497 e. The molecule has 1 saturated carbocycles. The summed E-state index contributed by atoms with van der Waals surface area (Å²) in [6.45, 7) is 2.20. The maximum atomic E-state index is 9.13. The highest BCUT2D eigenvalue weighted by atomic mass is 16.5. The summed E-state index contributed by atoms with van der Waals surface area (Å²) in [7, 11) is 1.64. The smallest absolute Gasteiger partial charge is 0.121 e. The van der Waals surface area contributed by atoms with Crippen molar-refractivity contribution in [1.29, 1.82) is 5.26 Å². The van der Waals surface area contributed by atoms with Crippen molar-refractivity contribution in [2.24, 2.45) is 5.92 Å². The van der Waals surface area contributed by atoms with E-state index in [4.69, 9.17) is 10.00 Å². The van der Waals surface area contributed by atoms with Gasteiger partial charge in [0.2, 0.25) is 0 Å². The second-order valence-electron chi connectivity index (χ2n) is 5.00. The largest absolute Gasteiger partial charge is 0.497 e. The Morgan fingerprint density at radius 2 is 2.11 bits per heavy atom. The van der Waals surface area contributed by atoms with Gasteiger partial charge in [0.25, 0.3) is 0 Å². The topological polar surface area (TPSA) is 45.0 Å². The summed E-state index contributed by atoms with van der Waals surface area (Å²) in [4.78, 5) is 0. The van der Waals surface area contributed by atoms with Gasteiger partial charge in [-0.1, -0.05) is 12.8 Å². The van der Waals surface area contributed by atoms with E-state index in [1.165, 1.54) is 25.7 Å². The van der Waals surface area contributed by atoms with Gasteiger partial charge >= 0.3 is 0 Å². The van der Waals surface area contributed by atoms with Gasteiger partial charge in [-0.25, -0.2) is 0 Å².